The number of fused-ring (bicyclic) bond motifs is 1. The average molecular weight is 407 g/mol. The number of amides is 1. The van der Waals surface area contributed by atoms with Crippen LogP contribution in [-0.2, 0) is 6.42 Å². The van der Waals surface area contributed by atoms with Crippen molar-refractivity contribution >= 4 is 11.7 Å². The van der Waals surface area contributed by atoms with Crippen LogP contribution in [0, 0.1) is 0 Å². The number of aryl methyl sites for hydroxylation is 1. The molecule has 1 aliphatic heterocycles. The number of nitrogens with one attached hydrogen (secondary N) is 2. The molecule has 2 N–H and O–H groups in total. The molecule has 0 fully saturated rings. The van der Waals surface area contributed by atoms with Crippen molar-refractivity contribution < 1.29 is 19.0 Å². The number of carbonyl (C=O) groups excluding carboxylic acids is 1. The number of H-pyrrole nitrogens is 1. The quantitative estimate of drug-likeness (QED) is 0.588. The number of benzene rings is 2. The molecule has 2 heterocycles. The molecule has 7 nitrogen and oxygen atoms in total. The lowest BCUT2D eigenvalue weighted by molar-refractivity contribution is 0.102. The zero-order valence-corrected chi connectivity index (χ0v) is 17.3. The molecular formula is C23H25N3O4. The molecule has 0 saturated carbocycles. The van der Waals surface area contributed by atoms with Gasteiger partial charge in [-0.3, -0.25) is 9.89 Å². The van der Waals surface area contributed by atoms with Crippen LogP contribution < -0.4 is 19.5 Å². The van der Waals surface area contributed by atoms with E-state index in [1.165, 1.54) is 0 Å². The van der Waals surface area contributed by atoms with Crippen LogP contribution in [-0.4, -0.2) is 29.0 Å². The van der Waals surface area contributed by atoms with E-state index in [4.69, 9.17) is 14.2 Å². The molecule has 0 bridgehead atoms. The molecule has 4 rings (SSSR count). The smallest absolute Gasteiger partial charge is 0.256 e. The third kappa shape index (κ3) is 3.96. The highest BCUT2D eigenvalue weighted by molar-refractivity contribution is 6.05. The van der Waals surface area contributed by atoms with Gasteiger partial charge in [-0.25, -0.2) is 0 Å². The SMILES string of the molecule is CCc1[nH]nc(NC(=O)c2ccc(OC(C)CC)cc2)c1-c1ccc2c(c1)OCO2. The largest absolute Gasteiger partial charge is 0.491 e. The Morgan fingerprint density at radius 2 is 1.93 bits per heavy atom. The number of rotatable bonds is 7. The van der Waals surface area contributed by atoms with Gasteiger partial charge in [-0.2, -0.15) is 5.10 Å². The van der Waals surface area contributed by atoms with Gasteiger partial charge in [0.1, 0.15) is 5.75 Å². The Hall–Kier alpha value is -3.48. The predicted octanol–water partition coefficient (Wildman–Crippen LogP) is 4.80. The highest BCUT2D eigenvalue weighted by atomic mass is 16.7. The zero-order chi connectivity index (χ0) is 21.1. The molecule has 1 unspecified atom stereocenters. The molecule has 0 aliphatic carbocycles. The number of aromatic nitrogens is 2. The molecule has 30 heavy (non-hydrogen) atoms. The Labute approximate surface area is 175 Å². The summed E-state index contributed by atoms with van der Waals surface area (Å²) in [5, 5.41) is 10.3. The van der Waals surface area contributed by atoms with Gasteiger partial charge >= 0.3 is 0 Å². The molecule has 1 amide bonds. The van der Waals surface area contributed by atoms with Gasteiger partial charge in [-0.1, -0.05) is 19.9 Å². The fourth-order valence-electron chi connectivity index (χ4n) is 3.27. The van der Waals surface area contributed by atoms with Crippen molar-refractivity contribution in [3.8, 4) is 28.4 Å². The maximum absolute atomic E-state index is 12.8. The summed E-state index contributed by atoms with van der Waals surface area (Å²) in [4.78, 5) is 12.8. The van der Waals surface area contributed by atoms with Crippen LogP contribution in [0.2, 0.25) is 0 Å². The first-order valence-corrected chi connectivity index (χ1v) is 10.1. The van der Waals surface area contributed by atoms with Crippen LogP contribution in [0.4, 0.5) is 5.82 Å². The van der Waals surface area contributed by atoms with Gasteiger partial charge in [0.25, 0.3) is 5.91 Å². The van der Waals surface area contributed by atoms with Crippen molar-refractivity contribution in [1.82, 2.24) is 10.2 Å². The van der Waals surface area contributed by atoms with Crippen molar-refractivity contribution in [2.24, 2.45) is 0 Å². The summed E-state index contributed by atoms with van der Waals surface area (Å²) in [6.07, 6.45) is 1.79. The van der Waals surface area contributed by atoms with E-state index >= 15 is 0 Å². The molecule has 1 atom stereocenters. The number of carbonyl (C=O) groups is 1. The minimum Gasteiger partial charge on any atom is -0.491 e. The molecule has 0 saturated heterocycles. The Bertz CT molecular complexity index is 1040. The first-order valence-electron chi connectivity index (χ1n) is 10.1. The Kier molecular flexibility index (Phi) is 5.61. The second-order valence-electron chi connectivity index (χ2n) is 7.16. The van der Waals surface area contributed by atoms with Crippen molar-refractivity contribution in [1.29, 1.82) is 0 Å². The fourth-order valence-corrected chi connectivity index (χ4v) is 3.27. The average Bonchev–Trinajstić information content (AvgIpc) is 3.40. The highest BCUT2D eigenvalue weighted by Gasteiger charge is 2.20. The minimum absolute atomic E-state index is 0.130. The van der Waals surface area contributed by atoms with E-state index in [9.17, 15) is 4.79 Å². The Balaban J connectivity index is 1.56. The van der Waals surface area contributed by atoms with Crippen LogP contribution in [0.3, 0.4) is 0 Å². The lowest BCUT2D eigenvalue weighted by atomic mass is 10.0. The maximum Gasteiger partial charge on any atom is 0.256 e. The summed E-state index contributed by atoms with van der Waals surface area (Å²) < 4.78 is 16.7. The number of aromatic amines is 1. The van der Waals surface area contributed by atoms with Crippen LogP contribution in [0.15, 0.2) is 42.5 Å². The summed E-state index contributed by atoms with van der Waals surface area (Å²) in [5.74, 6) is 2.39. The van der Waals surface area contributed by atoms with E-state index in [-0.39, 0.29) is 18.8 Å². The predicted molar refractivity (Wildman–Crippen MR) is 114 cm³/mol. The molecule has 1 aliphatic rings. The van der Waals surface area contributed by atoms with Gasteiger partial charge in [0.2, 0.25) is 6.79 Å². The topological polar surface area (TPSA) is 85.5 Å². The van der Waals surface area contributed by atoms with Gasteiger partial charge in [0, 0.05) is 16.8 Å². The van der Waals surface area contributed by atoms with E-state index in [1.54, 1.807) is 12.1 Å². The first-order chi connectivity index (χ1) is 14.6. The van der Waals surface area contributed by atoms with Crippen LogP contribution >= 0.6 is 0 Å². The summed E-state index contributed by atoms with van der Waals surface area (Å²) >= 11 is 0. The molecular weight excluding hydrogens is 382 g/mol. The molecule has 1 aromatic heterocycles. The van der Waals surface area contributed by atoms with Crippen LogP contribution in [0.5, 0.6) is 17.2 Å². The Morgan fingerprint density at radius 3 is 2.67 bits per heavy atom. The first kappa shape index (κ1) is 19.8. The highest BCUT2D eigenvalue weighted by Crippen LogP contribution is 2.39. The molecule has 0 spiro atoms. The molecule has 2 aromatic carbocycles. The summed E-state index contributed by atoms with van der Waals surface area (Å²) in [6.45, 7) is 6.33. The monoisotopic (exact) mass is 407 g/mol. The van der Waals surface area contributed by atoms with E-state index in [2.05, 4.69) is 22.4 Å². The third-order valence-electron chi connectivity index (χ3n) is 5.12. The van der Waals surface area contributed by atoms with Crippen LogP contribution in [0.25, 0.3) is 11.1 Å². The third-order valence-corrected chi connectivity index (χ3v) is 5.12. The molecule has 156 valence electrons. The molecule has 3 aromatic rings. The van der Waals surface area contributed by atoms with E-state index in [1.807, 2.05) is 44.2 Å². The Morgan fingerprint density at radius 1 is 1.17 bits per heavy atom. The van der Waals surface area contributed by atoms with Gasteiger partial charge in [-0.15, -0.1) is 0 Å². The van der Waals surface area contributed by atoms with Crippen molar-refractivity contribution in [2.45, 2.75) is 39.7 Å². The van der Waals surface area contributed by atoms with Crippen molar-refractivity contribution in [2.75, 3.05) is 12.1 Å². The number of nitrogens with zero attached hydrogens (tertiary/aromatic N) is 1. The van der Waals surface area contributed by atoms with E-state index in [0.29, 0.717) is 22.9 Å². The lowest BCUT2D eigenvalue weighted by Crippen LogP contribution is -2.13. The van der Waals surface area contributed by atoms with Crippen molar-refractivity contribution in [3.05, 3.63) is 53.7 Å². The van der Waals surface area contributed by atoms with Gasteiger partial charge in [0.15, 0.2) is 17.3 Å². The standard InChI is InChI=1S/C23H25N3O4/c1-4-14(3)30-17-9-6-15(7-10-17)23(27)24-22-21(18(5-2)25-26-22)16-8-11-19-20(12-16)29-13-28-19/h6-12,14H,4-5,13H2,1-3H3,(H2,24,25,26,27). The summed E-state index contributed by atoms with van der Waals surface area (Å²) in [6, 6.07) is 12.8. The molecule has 0 radical (unpaired) electrons. The number of hydrogen-bond acceptors (Lipinski definition) is 5. The van der Waals surface area contributed by atoms with Crippen molar-refractivity contribution in [3.63, 3.8) is 0 Å². The van der Waals surface area contributed by atoms with Gasteiger partial charge in [0.05, 0.1) is 6.10 Å². The molecule has 7 heteroatoms. The maximum atomic E-state index is 12.8. The second-order valence-corrected chi connectivity index (χ2v) is 7.16. The number of ether oxygens (including phenoxy) is 3. The fraction of sp³-hybridized carbons (Fsp3) is 0.304. The zero-order valence-electron chi connectivity index (χ0n) is 17.3. The van der Waals surface area contributed by atoms with Gasteiger partial charge < -0.3 is 19.5 Å². The van der Waals surface area contributed by atoms with Gasteiger partial charge in [-0.05, 0) is 61.7 Å². The summed E-state index contributed by atoms with van der Waals surface area (Å²) in [7, 11) is 0. The summed E-state index contributed by atoms with van der Waals surface area (Å²) in [5.41, 5.74) is 3.21. The normalized spacial score (nSPS) is 13.2. The van der Waals surface area contributed by atoms with E-state index < -0.39 is 0 Å². The minimum atomic E-state index is -0.235. The van der Waals surface area contributed by atoms with Crippen LogP contribution in [0.1, 0.15) is 43.2 Å². The number of hydrogen-bond donors (Lipinski definition) is 2. The van der Waals surface area contributed by atoms with E-state index in [0.717, 1.165) is 35.4 Å². The lowest BCUT2D eigenvalue weighted by Gasteiger charge is -2.12. The number of anilines is 1. The second kappa shape index (κ2) is 8.49.